The van der Waals surface area contributed by atoms with Crippen molar-refractivity contribution in [3.05, 3.63) is 29.8 Å². The molecule has 0 atom stereocenters. The Balaban J connectivity index is 1.92. The molecule has 0 saturated carbocycles. The standard InChI is InChI=1S/C15H19N3O4/c1-11(17-21)12-6-5-7-13(10-12)16-14(19)22-15(20)18-8-3-2-4-9-18/h5-7,10,21H,2-4,8-9H2,1H3,(H,16,19)/b17-11+. The Hall–Kier alpha value is -2.57. The molecule has 1 saturated heterocycles. The normalized spacial score (nSPS) is 15.3. The highest BCUT2D eigenvalue weighted by molar-refractivity contribution is 6.00. The molecule has 2 rings (SSSR count). The van der Waals surface area contributed by atoms with Gasteiger partial charge in [-0.15, -0.1) is 0 Å². The molecule has 2 amide bonds. The molecule has 1 aromatic rings. The van der Waals surface area contributed by atoms with Crippen molar-refractivity contribution in [1.82, 2.24) is 4.90 Å². The van der Waals surface area contributed by atoms with Crippen LogP contribution in [0.15, 0.2) is 29.4 Å². The fraction of sp³-hybridized carbons (Fsp3) is 0.400. The molecule has 2 N–H and O–H groups in total. The van der Waals surface area contributed by atoms with Crippen molar-refractivity contribution in [1.29, 1.82) is 0 Å². The zero-order valence-corrected chi connectivity index (χ0v) is 12.4. The maximum absolute atomic E-state index is 11.8. The molecule has 1 aliphatic heterocycles. The van der Waals surface area contributed by atoms with E-state index in [1.807, 2.05) is 0 Å². The van der Waals surface area contributed by atoms with Crippen molar-refractivity contribution in [2.24, 2.45) is 5.16 Å². The molecule has 0 aromatic heterocycles. The van der Waals surface area contributed by atoms with Gasteiger partial charge in [0.1, 0.15) is 0 Å². The number of oxime groups is 1. The number of carbonyl (C=O) groups excluding carboxylic acids is 2. The molecule has 7 heteroatoms. The van der Waals surface area contributed by atoms with E-state index in [4.69, 9.17) is 9.94 Å². The number of amides is 2. The summed E-state index contributed by atoms with van der Waals surface area (Å²) in [7, 11) is 0. The van der Waals surface area contributed by atoms with E-state index >= 15 is 0 Å². The molecule has 0 bridgehead atoms. The maximum atomic E-state index is 11.8. The number of carbonyl (C=O) groups is 2. The topological polar surface area (TPSA) is 91.2 Å². The van der Waals surface area contributed by atoms with Crippen LogP contribution < -0.4 is 5.32 Å². The van der Waals surface area contributed by atoms with Crippen molar-refractivity contribution in [2.75, 3.05) is 18.4 Å². The molecule has 0 aliphatic carbocycles. The number of benzene rings is 1. The predicted octanol–water partition coefficient (Wildman–Crippen LogP) is 3.04. The van der Waals surface area contributed by atoms with Gasteiger partial charge in [-0.3, -0.25) is 5.32 Å². The average Bonchev–Trinajstić information content (AvgIpc) is 2.55. The van der Waals surface area contributed by atoms with E-state index < -0.39 is 12.2 Å². The van der Waals surface area contributed by atoms with Crippen molar-refractivity contribution >= 4 is 23.6 Å². The minimum Gasteiger partial charge on any atom is -0.411 e. The molecule has 0 unspecified atom stereocenters. The van der Waals surface area contributed by atoms with E-state index in [-0.39, 0.29) is 0 Å². The van der Waals surface area contributed by atoms with Gasteiger partial charge >= 0.3 is 12.2 Å². The number of ether oxygens (including phenoxy) is 1. The minimum absolute atomic E-state index is 0.418. The lowest BCUT2D eigenvalue weighted by molar-refractivity contribution is 0.117. The van der Waals surface area contributed by atoms with Crippen molar-refractivity contribution in [2.45, 2.75) is 26.2 Å². The van der Waals surface area contributed by atoms with Gasteiger partial charge in [-0.05, 0) is 38.3 Å². The van der Waals surface area contributed by atoms with Crippen LogP contribution in [0.5, 0.6) is 0 Å². The van der Waals surface area contributed by atoms with Crippen molar-refractivity contribution < 1.29 is 19.5 Å². The van der Waals surface area contributed by atoms with Crippen LogP contribution in [0.2, 0.25) is 0 Å². The van der Waals surface area contributed by atoms with E-state index in [0.29, 0.717) is 30.1 Å². The highest BCUT2D eigenvalue weighted by Crippen LogP contribution is 2.13. The number of hydrogen-bond acceptors (Lipinski definition) is 5. The molecule has 22 heavy (non-hydrogen) atoms. The van der Waals surface area contributed by atoms with E-state index in [0.717, 1.165) is 19.3 Å². The Labute approximate surface area is 128 Å². The molecule has 0 spiro atoms. The van der Waals surface area contributed by atoms with Gasteiger partial charge in [0, 0.05) is 24.3 Å². The minimum atomic E-state index is -0.827. The summed E-state index contributed by atoms with van der Waals surface area (Å²) in [4.78, 5) is 25.1. The zero-order chi connectivity index (χ0) is 15.9. The van der Waals surface area contributed by atoms with Gasteiger partial charge < -0.3 is 14.8 Å². The molecule has 1 aromatic carbocycles. The number of likely N-dealkylation sites (tertiary alicyclic amines) is 1. The third-order valence-corrected chi connectivity index (χ3v) is 3.47. The van der Waals surface area contributed by atoms with Gasteiger partial charge in [0.2, 0.25) is 0 Å². The summed E-state index contributed by atoms with van der Waals surface area (Å²) >= 11 is 0. The summed E-state index contributed by atoms with van der Waals surface area (Å²) in [5.74, 6) is 0. The van der Waals surface area contributed by atoms with E-state index in [2.05, 4.69) is 10.5 Å². The molecule has 7 nitrogen and oxygen atoms in total. The third-order valence-electron chi connectivity index (χ3n) is 3.47. The van der Waals surface area contributed by atoms with E-state index in [9.17, 15) is 9.59 Å². The average molecular weight is 305 g/mol. The first kappa shape index (κ1) is 15.8. The SMILES string of the molecule is C/C(=N\O)c1cccc(NC(=O)OC(=O)N2CCCCC2)c1. The summed E-state index contributed by atoms with van der Waals surface area (Å²) in [6, 6.07) is 6.72. The molecule has 1 heterocycles. The summed E-state index contributed by atoms with van der Waals surface area (Å²) in [5.41, 5.74) is 1.53. The summed E-state index contributed by atoms with van der Waals surface area (Å²) in [6.07, 6.45) is 1.50. The number of rotatable bonds is 2. The van der Waals surface area contributed by atoms with Crippen LogP contribution in [0.1, 0.15) is 31.7 Å². The van der Waals surface area contributed by atoms with Gasteiger partial charge in [-0.1, -0.05) is 17.3 Å². The van der Waals surface area contributed by atoms with E-state index in [1.165, 1.54) is 4.90 Å². The van der Waals surface area contributed by atoms with Crippen LogP contribution in [0.3, 0.4) is 0 Å². The zero-order valence-electron chi connectivity index (χ0n) is 12.4. The summed E-state index contributed by atoms with van der Waals surface area (Å²) in [6.45, 7) is 2.87. The van der Waals surface area contributed by atoms with Gasteiger partial charge in [-0.2, -0.15) is 0 Å². The fourth-order valence-electron chi connectivity index (χ4n) is 2.24. The number of nitrogens with one attached hydrogen (secondary N) is 1. The lowest BCUT2D eigenvalue weighted by Crippen LogP contribution is -2.37. The summed E-state index contributed by atoms with van der Waals surface area (Å²) in [5, 5.41) is 14.3. The number of hydrogen-bond donors (Lipinski definition) is 2. The second-order valence-electron chi connectivity index (χ2n) is 5.09. The number of piperidine rings is 1. The first-order valence-corrected chi connectivity index (χ1v) is 7.17. The number of nitrogens with zero attached hydrogens (tertiary/aromatic N) is 2. The van der Waals surface area contributed by atoms with Gasteiger partial charge in [0.15, 0.2) is 0 Å². The van der Waals surface area contributed by atoms with Crippen molar-refractivity contribution in [3.63, 3.8) is 0 Å². The van der Waals surface area contributed by atoms with Gasteiger partial charge in [0.25, 0.3) is 0 Å². The molecular formula is C15H19N3O4. The largest absolute Gasteiger partial charge is 0.420 e. The van der Waals surface area contributed by atoms with Crippen LogP contribution in [0.25, 0.3) is 0 Å². The van der Waals surface area contributed by atoms with Crippen LogP contribution in [-0.2, 0) is 4.74 Å². The lowest BCUT2D eigenvalue weighted by atomic mass is 10.1. The fourth-order valence-corrected chi connectivity index (χ4v) is 2.24. The molecular weight excluding hydrogens is 286 g/mol. The molecule has 118 valence electrons. The third kappa shape index (κ3) is 4.21. The Bertz CT molecular complexity index is 580. The smallest absolute Gasteiger partial charge is 0.411 e. The Morgan fingerprint density at radius 2 is 2.00 bits per heavy atom. The Morgan fingerprint density at radius 3 is 2.68 bits per heavy atom. The highest BCUT2D eigenvalue weighted by atomic mass is 16.6. The molecule has 1 fully saturated rings. The predicted molar refractivity (Wildman–Crippen MR) is 81.4 cm³/mol. The second-order valence-corrected chi connectivity index (χ2v) is 5.09. The Morgan fingerprint density at radius 1 is 1.27 bits per heavy atom. The quantitative estimate of drug-likeness (QED) is 0.380. The second kappa shape index (κ2) is 7.44. The van der Waals surface area contributed by atoms with Crippen LogP contribution in [0.4, 0.5) is 15.3 Å². The van der Waals surface area contributed by atoms with Crippen LogP contribution in [-0.4, -0.2) is 41.1 Å². The molecule has 0 radical (unpaired) electrons. The van der Waals surface area contributed by atoms with Gasteiger partial charge in [-0.25, -0.2) is 9.59 Å². The van der Waals surface area contributed by atoms with Gasteiger partial charge in [0.05, 0.1) is 5.71 Å². The number of anilines is 1. The van der Waals surface area contributed by atoms with Crippen LogP contribution >= 0.6 is 0 Å². The lowest BCUT2D eigenvalue weighted by Gasteiger charge is -2.25. The van der Waals surface area contributed by atoms with Crippen LogP contribution in [0, 0.1) is 0 Å². The van der Waals surface area contributed by atoms with E-state index in [1.54, 1.807) is 31.2 Å². The first-order chi connectivity index (χ1) is 10.6. The molecule has 1 aliphatic rings. The summed E-state index contributed by atoms with van der Waals surface area (Å²) < 4.78 is 4.78. The monoisotopic (exact) mass is 305 g/mol. The maximum Gasteiger partial charge on any atom is 0.420 e. The Kier molecular flexibility index (Phi) is 5.35. The highest BCUT2D eigenvalue weighted by Gasteiger charge is 2.20. The first-order valence-electron chi connectivity index (χ1n) is 7.17. The van der Waals surface area contributed by atoms with Crippen molar-refractivity contribution in [3.8, 4) is 0 Å².